The van der Waals surface area contributed by atoms with Crippen LogP contribution in [0.5, 0.6) is 0 Å². The summed E-state index contributed by atoms with van der Waals surface area (Å²) >= 11 is 0. The molecular formula is C18H30N6O3. The number of anilines is 3. The lowest BCUT2D eigenvalue weighted by Gasteiger charge is -2.32. The summed E-state index contributed by atoms with van der Waals surface area (Å²) in [7, 11) is 0. The lowest BCUT2D eigenvalue weighted by atomic mass is 9.97. The van der Waals surface area contributed by atoms with Crippen LogP contribution in [0.1, 0.15) is 19.8 Å². The van der Waals surface area contributed by atoms with Crippen LogP contribution in [0.3, 0.4) is 0 Å². The first-order chi connectivity index (χ1) is 13.2. The van der Waals surface area contributed by atoms with Crippen molar-refractivity contribution in [2.24, 2.45) is 5.92 Å². The maximum Gasteiger partial charge on any atom is 0.309 e. The van der Waals surface area contributed by atoms with E-state index in [-0.39, 0.29) is 11.9 Å². The largest absolute Gasteiger partial charge is 0.466 e. The molecule has 0 saturated carbocycles. The zero-order chi connectivity index (χ0) is 19.1. The van der Waals surface area contributed by atoms with E-state index in [4.69, 9.17) is 15.2 Å². The first-order valence-electron chi connectivity index (χ1n) is 9.75. The fraction of sp³-hybridized carbons (Fsp3) is 0.722. The van der Waals surface area contributed by atoms with E-state index in [1.165, 1.54) is 0 Å². The van der Waals surface area contributed by atoms with Crippen molar-refractivity contribution in [3.05, 3.63) is 6.33 Å². The monoisotopic (exact) mass is 378 g/mol. The van der Waals surface area contributed by atoms with Gasteiger partial charge in [-0.2, -0.15) is 0 Å². The van der Waals surface area contributed by atoms with Gasteiger partial charge in [-0.25, -0.2) is 9.97 Å². The standard InChI is InChI=1S/C18H30N6O3/c1-2-27-18(25)14-3-6-24(7-4-14)17-15(19)16(21-13-22-17)20-5-8-23-9-11-26-12-10-23/h13-14H,2-12,19H2,1H3,(H,20,21,22). The number of nitrogen functional groups attached to an aromatic ring is 1. The molecule has 0 spiro atoms. The Morgan fingerprint density at radius 2 is 2.04 bits per heavy atom. The number of aromatic nitrogens is 2. The first-order valence-corrected chi connectivity index (χ1v) is 9.75. The number of carbonyl (C=O) groups is 1. The molecule has 150 valence electrons. The second-order valence-corrected chi connectivity index (χ2v) is 6.85. The van der Waals surface area contributed by atoms with Crippen molar-refractivity contribution in [1.82, 2.24) is 14.9 Å². The van der Waals surface area contributed by atoms with Crippen molar-refractivity contribution in [3.63, 3.8) is 0 Å². The predicted molar refractivity (Wildman–Crippen MR) is 104 cm³/mol. The summed E-state index contributed by atoms with van der Waals surface area (Å²) in [5, 5.41) is 3.32. The fourth-order valence-corrected chi connectivity index (χ4v) is 3.52. The lowest BCUT2D eigenvalue weighted by Crippen LogP contribution is -2.39. The van der Waals surface area contributed by atoms with Gasteiger partial charge in [0.05, 0.1) is 25.7 Å². The average Bonchev–Trinajstić information content (AvgIpc) is 2.70. The van der Waals surface area contributed by atoms with E-state index in [0.29, 0.717) is 18.1 Å². The van der Waals surface area contributed by atoms with Gasteiger partial charge in [0.25, 0.3) is 0 Å². The van der Waals surface area contributed by atoms with Gasteiger partial charge in [0, 0.05) is 39.3 Å². The molecule has 0 atom stereocenters. The Morgan fingerprint density at radius 3 is 2.74 bits per heavy atom. The number of piperidine rings is 1. The molecule has 9 nitrogen and oxygen atoms in total. The summed E-state index contributed by atoms with van der Waals surface area (Å²) in [6, 6.07) is 0. The number of hydrogen-bond donors (Lipinski definition) is 2. The van der Waals surface area contributed by atoms with Crippen molar-refractivity contribution >= 4 is 23.3 Å². The number of hydrogen-bond acceptors (Lipinski definition) is 9. The van der Waals surface area contributed by atoms with E-state index in [1.54, 1.807) is 6.33 Å². The van der Waals surface area contributed by atoms with Gasteiger partial charge < -0.3 is 25.4 Å². The second-order valence-electron chi connectivity index (χ2n) is 6.85. The molecule has 3 heterocycles. The van der Waals surface area contributed by atoms with Gasteiger partial charge in [0.1, 0.15) is 12.0 Å². The average molecular weight is 378 g/mol. The van der Waals surface area contributed by atoms with Crippen LogP contribution in [0.2, 0.25) is 0 Å². The molecule has 0 unspecified atom stereocenters. The third kappa shape index (κ3) is 5.20. The third-order valence-corrected chi connectivity index (χ3v) is 5.10. The molecule has 9 heteroatoms. The maximum absolute atomic E-state index is 11.9. The number of nitrogens with two attached hydrogens (primary N) is 1. The van der Waals surface area contributed by atoms with Gasteiger partial charge in [-0.15, -0.1) is 0 Å². The van der Waals surface area contributed by atoms with E-state index >= 15 is 0 Å². The van der Waals surface area contributed by atoms with E-state index in [9.17, 15) is 4.79 Å². The molecule has 3 rings (SSSR count). The summed E-state index contributed by atoms with van der Waals surface area (Å²) in [6.45, 7) is 8.93. The molecule has 3 N–H and O–H groups in total. The SMILES string of the molecule is CCOC(=O)C1CCN(c2ncnc(NCCN3CCOCC3)c2N)CC1. The molecule has 0 bridgehead atoms. The lowest BCUT2D eigenvalue weighted by molar-refractivity contribution is -0.148. The fourth-order valence-electron chi connectivity index (χ4n) is 3.52. The maximum atomic E-state index is 11.9. The molecule has 27 heavy (non-hydrogen) atoms. The van der Waals surface area contributed by atoms with Gasteiger partial charge in [-0.05, 0) is 19.8 Å². The number of esters is 1. The quantitative estimate of drug-likeness (QED) is 0.659. The number of nitrogens with zero attached hydrogens (tertiary/aromatic N) is 4. The highest BCUT2D eigenvalue weighted by atomic mass is 16.5. The molecule has 0 radical (unpaired) electrons. The normalized spacial score (nSPS) is 19.1. The minimum absolute atomic E-state index is 0.0321. The van der Waals surface area contributed by atoms with Crippen molar-refractivity contribution in [2.75, 3.05) is 75.0 Å². The number of nitrogens with one attached hydrogen (secondary N) is 1. The summed E-state index contributed by atoms with van der Waals surface area (Å²) in [5.74, 6) is 1.27. The van der Waals surface area contributed by atoms with Crippen LogP contribution < -0.4 is 16.0 Å². The second kappa shape index (κ2) is 9.70. The highest BCUT2D eigenvalue weighted by Gasteiger charge is 2.27. The molecule has 0 amide bonds. The van der Waals surface area contributed by atoms with Gasteiger partial charge in [0.15, 0.2) is 11.6 Å². The highest BCUT2D eigenvalue weighted by molar-refractivity contribution is 5.76. The number of ether oxygens (including phenoxy) is 2. The van der Waals surface area contributed by atoms with E-state index in [0.717, 1.165) is 71.1 Å². The zero-order valence-corrected chi connectivity index (χ0v) is 16.0. The first kappa shape index (κ1) is 19.6. The van der Waals surface area contributed by atoms with Gasteiger partial charge in [-0.3, -0.25) is 9.69 Å². The van der Waals surface area contributed by atoms with E-state index in [2.05, 4.69) is 25.1 Å². The Morgan fingerprint density at radius 1 is 1.30 bits per heavy atom. The molecule has 0 aromatic carbocycles. The van der Waals surface area contributed by atoms with Crippen molar-refractivity contribution < 1.29 is 14.3 Å². The molecule has 1 aromatic rings. The van der Waals surface area contributed by atoms with Crippen molar-refractivity contribution in [3.8, 4) is 0 Å². The molecule has 2 aliphatic rings. The van der Waals surface area contributed by atoms with E-state index < -0.39 is 0 Å². The van der Waals surface area contributed by atoms with Crippen LogP contribution in [-0.4, -0.2) is 79.9 Å². The van der Waals surface area contributed by atoms with Crippen LogP contribution in [0, 0.1) is 5.92 Å². The zero-order valence-electron chi connectivity index (χ0n) is 16.0. The Kier molecular flexibility index (Phi) is 7.05. The summed E-state index contributed by atoms with van der Waals surface area (Å²) in [4.78, 5) is 25.0. The summed E-state index contributed by atoms with van der Waals surface area (Å²) < 4.78 is 10.5. The number of morpholine rings is 1. The summed E-state index contributed by atoms with van der Waals surface area (Å²) in [6.07, 6.45) is 3.05. The van der Waals surface area contributed by atoms with Crippen LogP contribution >= 0.6 is 0 Å². The van der Waals surface area contributed by atoms with Gasteiger partial charge in [-0.1, -0.05) is 0 Å². The van der Waals surface area contributed by atoms with Crippen LogP contribution in [0.4, 0.5) is 17.3 Å². The number of rotatable bonds is 7. The van der Waals surface area contributed by atoms with Crippen LogP contribution in [0.25, 0.3) is 0 Å². The summed E-state index contributed by atoms with van der Waals surface area (Å²) in [5.41, 5.74) is 6.89. The van der Waals surface area contributed by atoms with E-state index in [1.807, 2.05) is 6.92 Å². The highest BCUT2D eigenvalue weighted by Crippen LogP contribution is 2.30. The smallest absolute Gasteiger partial charge is 0.309 e. The molecule has 0 aliphatic carbocycles. The minimum atomic E-state index is -0.0988. The minimum Gasteiger partial charge on any atom is -0.466 e. The molecular weight excluding hydrogens is 348 g/mol. The van der Waals surface area contributed by atoms with Crippen molar-refractivity contribution in [1.29, 1.82) is 0 Å². The Labute approximate surface area is 160 Å². The van der Waals surface area contributed by atoms with Crippen LogP contribution in [-0.2, 0) is 14.3 Å². The van der Waals surface area contributed by atoms with Crippen molar-refractivity contribution in [2.45, 2.75) is 19.8 Å². The van der Waals surface area contributed by atoms with Gasteiger partial charge >= 0.3 is 5.97 Å². The molecule has 2 fully saturated rings. The Hall–Kier alpha value is -2.13. The van der Waals surface area contributed by atoms with Gasteiger partial charge in [0.2, 0.25) is 0 Å². The third-order valence-electron chi connectivity index (χ3n) is 5.10. The Bertz CT molecular complexity index is 615. The Balaban J connectivity index is 1.53. The van der Waals surface area contributed by atoms with Crippen LogP contribution in [0.15, 0.2) is 6.33 Å². The predicted octanol–water partition coefficient (Wildman–Crippen LogP) is 0.582. The topological polar surface area (TPSA) is 106 Å². The molecule has 1 aromatic heterocycles. The molecule has 2 saturated heterocycles. The molecule has 2 aliphatic heterocycles. The number of carbonyl (C=O) groups excluding carboxylic acids is 1.